The Bertz CT molecular complexity index is 341. The van der Waals surface area contributed by atoms with E-state index in [0.29, 0.717) is 18.8 Å². The molecule has 2 fully saturated rings. The van der Waals surface area contributed by atoms with Gasteiger partial charge in [-0.15, -0.1) is 0 Å². The van der Waals surface area contributed by atoms with Gasteiger partial charge >= 0.3 is 0 Å². The quantitative estimate of drug-likeness (QED) is 0.794. The third-order valence-corrected chi connectivity index (χ3v) is 5.90. The topological polar surface area (TPSA) is 57.5 Å². The Kier molecular flexibility index (Phi) is 3.58. The van der Waals surface area contributed by atoms with Crippen molar-refractivity contribution in [1.29, 1.82) is 0 Å². The van der Waals surface area contributed by atoms with Crippen molar-refractivity contribution in [1.82, 2.24) is 0 Å². The van der Waals surface area contributed by atoms with E-state index in [4.69, 9.17) is 0 Å². The molecular formula is C15H26O3. The maximum Gasteiger partial charge on any atom is 0.138 e. The third kappa shape index (κ3) is 1.92. The molecule has 0 aromatic carbocycles. The second-order valence-corrected chi connectivity index (χ2v) is 6.84. The predicted octanol–water partition coefficient (Wildman–Crippen LogP) is 2.15. The van der Waals surface area contributed by atoms with Gasteiger partial charge in [0.2, 0.25) is 0 Å². The second-order valence-electron chi connectivity index (χ2n) is 6.84. The number of Topliss-reactive ketones (excluding diaryl/α,β-unsaturated/α-hetero) is 1. The molecule has 0 aliphatic heterocycles. The molecular weight excluding hydrogens is 228 g/mol. The Balaban J connectivity index is 2.26. The molecule has 2 aliphatic rings. The predicted molar refractivity (Wildman–Crippen MR) is 70.1 cm³/mol. The number of ketones is 1. The van der Waals surface area contributed by atoms with Crippen molar-refractivity contribution in [3.63, 3.8) is 0 Å². The summed E-state index contributed by atoms with van der Waals surface area (Å²) in [5.74, 6) is 0.487. The van der Waals surface area contributed by atoms with Crippen molar-refractivity contribution in [3.05, 3.63) is 0 Å². The van der Waals surface area contributed by atoms with Crippen LogP contribution in [0.5, 0.6) is 0 Å². The Morgan fingerprint density at radius 3 is 2.72 bits per heavy atom. The highest BCUT2D eigenvalue weighted by Crippen LogP contribution is 2.56. The van der Waals surface area contributed by atoms with E-state index in [1.54, 1.807) is 0 Å². The van der Waals surface area contributed by atoms with Crippen molar-refractivity contribution in [3.8, 4) is 0 Å². The molecule has 5 unspecified atom stereocenters. The van der Waals surface area contributed by atoms with E-state index in [0.717, 1.165) is 19.3 Å². The molecule has 18 heavy (non-hydrogen) atoms. The summed E-state index contributed by atoms with van der Waals surface area (Å²) in [6.45, 7) is 6.22. The molecule has 0 radical (unpaired) electrons. The van der Waals surface area contributed by atoms with Crippen LogP contribution in [0.15, 0.2) is 0 Å². The monoisotopic (exact) mass is 254 g/mol. The first-order valence-corrected chi connectivity index (χ1v) is 7.20. The number of aliphatic hydroxyl groups excluding tert-OH is 1. The molecule has 2 rings (SSSR count). The fourth-order valence-corrected chi connectivity index (χ4v) is 4.03. The minimum atomic E-state index is -0.866. The molecule has 3 nitrogen and oxygen atoms in total. The van der Waals surface area contributed by atoms with Crippen molar-refractivity contribution in [2.75, 3.05) is 6.61 Å². The summed E-state index contributed by atoms with van der Waals surface area (Å²) < 4.78 is 0. The van der Waals surface area contributed by atoms with Gasteiger partial charge in [-0.3, -0.25) is 4.79 Å². The number of rotatable bonds is 2. The van der Waals surface area contributed by atoms with E-state index in [1.807, 2.05) is 13.8 Å². The highest BCUT2D eigenvalue weighted by atomic mass is 16.3. The third-order valence-electron chi connectivity index (χ3n) is 5.90. The van der Waals surface area contributed by atoms with Crippen LogP contribution in [-0.2, 0) is 4.79 Å². The standard InChI is InChI=1S/C15H26O3/c1-10(9-16)12-4-6-14(3)7-5-13(17)11(2)15(14,18)8-12/h10-12,16,18H,4-9H2,1-3H3. The fourth-order valence-electron chi connectivity index (χ4n) is 4.03. The second kappa shape index (κ2) is 4.61. The number of fused-ring (bicyclic) bond motifs is 1. The summed E-state index contributed by atoms with van der Waals surface area (Å²) in [4.78, 5) is 11.9. The number of hydrogen-bond acceptors (Lipinski definition) is 3. The maximum atomic E-state index is 11.9. The van der Waals surface area contributed by atoms with E-state index in [2.05, 4.69) is 6.92 Å². The average molecular weight is 254 g/mol. The van der Waals surface area contributed by atoms with Gasteiger partial charge in [0.25, 0.3) is 0 Å². The van der Waals surface area contributed by atoms with Crippen molar-refractivity contribution < 1.29 is 15.0 Å². The Morgan fingerprint density at radius 1 is 1.44 bits per heavy atom. The lowest BCUT2D eigenvalue weighted by Gasteiger charge is -2.56. The van der Waals surface area contributed by atoms with Crippen LogP contribution in [-0.4, -0.2) is 28.2 Å². The van der Waals surface area contributed by atoms with Crippen LogP contribution in [0, 0.1) is 23.2 Å². The van der Waals surface area contributed by atoms with Crippen LogP contribution in [0.4, 0.5) is 0 Å². The lowest BCUT2D eigenvalue weighted by molar-refractivity contribution is -0.186. The summed E-state index contributed by atoms with van der Waals surface area (Å²) in [6, 6.07) is 0. The molecule has 2 aliphatic carbocycles. The van der Waals surface area contributed by atoms with Crippen LogP contribution in [0.3, 0.4) is 0 Å². The maximum absolute atomic E-state index is 11.9. The van der Waals surface area contributed by atoms with E-state index in [-0.39, 0.29) is 29.6 Å². The van der Waals surface area contributed by atoms with Crippen molar-refractivity contribution >= 4 is 5.78 Å². The molecule has 0 spiro atoms. The van der Waals surface area contributed by atoms with Crippen LogP contribution in [0.25, 0.3) is 0 Å². The molecule has 5 atom stereocenters. The van der Waals surface area contributed by atoms with E-state index >= 15 is 0 Å². The summed E-state index contributed by atoms with van der Waals surface area (Å²) in [5.41, 5.74) is -0.985. The highest BCUT2D eigenvalue weighted by molar-refractivity contribution is 5.83. The van der Waals surface area contributed by atoms with Crippen LogP contribution < -0.4 is 0 Å². The summed E-state index contributed by atoms with van der Waals surface area (Å²) in [5, 5.41) is 20.4. The van der Waals surface area contributed by atoms with Gasteiger partial charge in [-0.25, -0.2) is 0 Å². The first-order valence-electron chi connectivity index (χ1n) is 7.20. The minimum absolute atomic E-state index is 0.119. The lowest BCUT2D eigenvalue weighted by Crippen LogP contribution is -2.60. The van der Waals surface area contributed by atoms with Crippen LogP contribution in [0.1, 0.15) is 52.9 Å². The van der Waals surface area contributed by atoms with Gasteiger partial charge in [-0.1, -0.05) is 20.8 Å². The molecule has 0 amide bonds. The van der Waals surface area contributed by atoms with Gasteiger partial charge in [0, 0.05) is 18.9 Å². The first kappa shape index (κ1) is 14.0. The van der Waals surface area contributed by atoms with Crippen LogP contribution >= 0.6 is 0 Å². The SMILES string of the molecule is CC(CO)C1CCC2(C)CCC(=O)C(C)C2(O)C1. The summed E-state index contributed by atoms with van der Waals surface area (Å²) in [6.07, 6.45) is 4.11. The zero-order valence-corrected chi connectivity index (χ0v) is 11.8. The van der Waals surface area contributed by atoms with Gasteiger partial charge in [0.05, 0.1) is 5.60 Å². The molecule has 2 saturated carbocycles. The normalized spacial score (nSPS) is 46.6. The molecule has 3 heteroatoms. The molecule has 0 aromatic rings. The molecule has 0 saturated heterocycles. The smallest absolute Gasteiger partial charge is 0.138 e. The number of hydrogen-bond donors (Lipinski definition) is 2. The Labute approximate surface area is 110 Å². The molecule has 0 heterocycles. The molecule has 104 valence electrons. The fraction of sp³-hybridized carbons (Fsp3) is 0.933. The average Bonchev–Trinajstić information content (AvgIpc) is 2.36. The lowest BCUT2D eigenvalue weighted by atomic mass is 9.51. The Morgan fingerprint density at radius 2 is 2.11 bits per heavy atom. The van der Waals surface area contributed by atoms with Gasteiger partial charge in [-0.2, -0.15) is 0 Å². The van der Waals surface area contributed by atoms with E-state index < -0.39 is 5.60 Å². The van der Waals surface area contributed by atoms with Crippen LogP contribution in [0.2, 0.25) is 0 Å². The zero-order valence-electron chi connectivity index (χ0n) is 11.8. The summed E-state index contributed by atoms with van der Waals surface area (Å²) in [7, 11) is 0. The Hall–Kier alpha value is -0.410. The summed E-state index contributed by atoms with van der Waals surface area (Å²) >= 11 is 0. The molecule has 2 N–H and O–H groups in total. The number of carbonyl (C=O) groups is 1. The first-order chi connectivity index (χ1) is 8.34. The van der Waals surface area contributed by atoms with Crippen molar-refractivity contribution in [2.24, 2.45) is 23.2 Å². The molecule has 0 bridgehead atoms. The number of carbonyl (C=O) groups excluding carboxylic acids is 1. The van der Waals surface area contributed by atoms with Gasteiger partial charge in [0.15, 0.2) is 0 Å². The van der Waals surface area contributed by atoms with Crippen molar-refractivity contribution in [2.45, 2.75) is 58.5 Å². The highest BCUT2D eigenvalue weighted by Gasteiger charge is 2.58. The van der Waals surface area contributed by atoms with Gasteiger partial charge < -0.3 is 10.2 Å². The largest absolute Gasteiger partial charge is 0.396 e. The van der Waals surface area contributed by atoms with Gasteiger partial charge in [0.1, 0.15) is 5.78 Å². The van der Waals surface area contributed by atoms with E-state index in [1.165, 1.54) is 0 Å². The zero-order chi connectivity index (χ0) is 13.6. The van der Waals surface area contributed by atoms with E-state index in [9.17, 15) is 15.0 Å². The number of aliphatic hydroxyl groups is 2. The van der Waals surface area contributed by atoms with Gasteiger partial charge in [-0.05, 0) is 42.9 Å². The molecule has 0 aromatic heterocycles. The minimum Gasteiger partial charge on any atom is -0.396 e.